The Kier molecular flexibility index (Phi) is 5.90. The van der Waals surface area contributed by atoms with Crippen LogP contribution in [0.1, 0.15) is 28.3 Å². The molecule has 0 aliphatic rings. The fraction of sp³-hybridized carbons (Fsp3) is 0.208. The van der Waals surface area contributed by atoms with Gasteiger partial charge in [-0.15, -0.1) is 0 Å². The van der Waals surface area contributed by atoms with Gasteiger partial charge in [0.15, 0.2) is 5.82 Å². The third kappa shape index (κ3) is 4.88. The molecular formula is C24H25N5O3S. The Hall–Kier alpha value is -3.72. The van der Waals surface area contributed by atoms with Crippen LogP contribution in [0.4, 0.5) is 5.69 Å². The van der Waals surface area contributed by atoms with Crippen molar-refractivity contribution in [3.8, 4) is 17.4 Å². The minimum atomic E-state index is -3.68. The van der Waals surface area contributed by atoms with Gasteiger partial charge in [-0.3, -0.25) is 4.72 Å². The molecule has 0 fully saturated rings. The molecule has 0 saturated carbocycles. The van der Waals surface area contributed by atoms with Gasteiger partial charge in [-0.25, -0.2) is 18.1 Å². The number of hydrogen-bond acceptors (Lipinski definition) is 6. The number of rotatable bonds is 6. The number of nitrogens with zero attached hydrogens (tertiary/aromatic N) is 4. The molecule has 0 aliphatic carbocycles. The Morgan fingerprint density at radius 3 is 2.27 bits per heavy atom. The average Bonchev–Trinajstić information content (AvgIpc) is 3.02. The highest BCUT2D eigenvalue weighted by Gasteiger charge is 2.15. The van der Waals surface area contributed by atoms with Gasteiger partial charge >= 0.3 is 0 Å². The molecule has 8 nitrogen and oxygen atoms in total. The van der Waals surface area contributed by atoms with Crippen molar-refractivity contribution in [1.29, 1.82) is 0 Å². The van der Waals surface area contributed by atoms with Crippen LogP contribution in [0.15, 0.2) is 59.5 Å². The molecule has 0 saturated heterocycles. The normalized spacial score (nSPS) is 11.4. The maximum Gasteiger partial charge on any atom is 0.261 e. The lowest BCUT2D eigenvalue weighted by atomic mass is 10.2. The van der Waals surface area contributed by atoms with E-state index < -0.39 is 10.0 Å². The molecule has 0 spiro atoms. The summed E-state index contributed by atoms with van der Waals surface area (Å²) in [5, 5.41) is 4.55. The van der Waals surface area contributed by atoms with Crippen LogP contribution in [0.3, 0.4) is 0 Å². The number of hydrogen-bond donors (Lipinski definition) is 1. The molecule has 4 aromatic rings. The highest BCUT2D eigenvalue weighted by Crippen LogP contribution is 2.25. The van der Waals surface area contributed by atoms with Crippen LogP contribution in [0, 0.1) is 34.6 Å². The van der Waals surface area contributed by atoms with Crippen LogP contribution in [0.5, 0.6) is 11.6 Å². The first-order valence-electron chi connectivity index (χ1n) is 10.4. The summed E-state index contributed by atoms with van der Waals surface area (Å²) in [5.41, 5.74) is 4.35. The Morgan fingerprint density at radius 1 is 0.909 bits per heavy atom. The van der Waals surface area contributed by atoms with Crippen LogP contribution in [0.2, 0.25) is 0 Å². The Balaban J connectivity index is 1.54. The monoisotopic (exact) mass is 463 g/mol. The van der Waals surface area contributed by atoms with Crippen molar-refractivity contribution in [2.75, 3.05) is 4.72 Å². The number of aryl methyl sites for hydroxylation is 3. The summed E-state index contributed by atoms with van der Waals surface area (Å²) in [6.07, 6.45) is 0. The maximum absolute atomic E-state index is 12.6. The van der Waals surface area contributed by atoms with Crippen molar-refractivity contribution >= 4 is 15.7 Å². The van der Waals surface area contributed by atoms with Crippen LogP contribution >= 0.6 is 0 Å². The van der Waals surface area contributed by atoms with E-state index >= 15 is 0 Å². The van der Waals surface area contributed by atoms with Crippen LogP contribution in [-0.4, -0.2) is 28.2 Å². The second-order valence-corrected chi connectivity index (χ2v) is 9.55. The maximum atomic E-state index is 12.6. The van der Waals surface area contributed by atoms with Gasteiger partial charge in [0, 0.05) is 17.4 Å². The molecule has 1 N–H and O–H groups in total. The lowest BCUT2D eigenvalue weighted by Gasteiger charge is -2.11. The predicted molar refractivity (Wildman–Crippen MR) is 127 cm³/mol. The van der Waals surface area contributed by atoms with E-state index in [1.54, 1.807) is 60.1 Å². The predicted octanol–water partition coefficient (Wildman–Crippen LogP) is 4.80. The molecule has 2 aromatic heterocycles. The number of sulfonamides is 1. The SMILES string of the molecule is Cc1cccc(S(=O)(=O)Nc2ccc(Oc3cc(-n4nc(C)c(C)c4C)nc(C)n3)cc2)c1. The fourth-order valence-electron chi connectivity index (χ4n) is 3.34. The first-order chi connectivity index (χ1) is 15.6. The highest BCUT2D eigenvalue weighted by atomic mass is 32.2. The Bertz CT molecular complexity index is 1430. The van der Waals surface area contributed by atoms with Crippen LogP contribution < -0.4 is 9.46 Å². The molecule has 0 bridgehead atoms. The lowest BCUT2D eigenvalue weighted by molar-refractivity contribution is 0.459. The van der Waals surface area contributed by atoms with Gasteiger partial charge in [0.25, 0.3) is 10.0 Å². The van der Waals surface area contributed by atoms with E-state index in [0.717, 1.165) is 22.5 Å². The Morgan fingerprint density at radius 2 is 1.64 bits per heavy atom. The van der Waals surface area contributed by atoms with Crippen LogP contribution in [0.25, 0.3) is 5.82 Å². The topological polar surface area (TPSA) is 99.0 Å². The average molecular weight is 464 g/mol. The molecule has 170 valence electrons. The van der Waals surface area contributed by atoms with Crippen molar-refractivity contribution in [3.05, 3.63) is 82.9 Å². The molecule has 0 aliphatic heterocycles. The molecule has 9 heteroatoms. The van der Waals surface area contributed by atoms with Crippen molar-refractivity contribution < 1.29 is 13.2 Å². The number of aromatic nitrogens is 4. The number of ether oxygens (including phenoxy) is 1. The van der Waals surface area contributed by atoms with E-state index in [-0.39, 0.29) is 4.90 Å². The molecule has 0 atom stereocenters. The first kappa shape index (κ1) is 22.5. The van der Waals surface area contributed by atoms with Crippen molar-refractivity contribution in [1.82, 2.24) is 19.7 Å². The van der Waals surface area contributed by atoms with E-state index in [1.807, 2.05) is 33.8 Å². The smallest absolute Gasteiger partial charge is 0.261 e. The highest BCUT2D eigenvalue weighted by molar-refractivity contribution is 7.92. The van der Waals surface area contributed by atoms with Gasteiger partial charge in [0.1, 0.15) is 11.6 Å². The zero-order valence-corrected chi connectivity index (χ0v) is 19.9. The van der Waals surface area contributed by atoms with Gasteiger partial charge in [0.05, 0.1) is 10.6 Å². The second kappa shape index (κ2) is 8.67. The third-order valence-corrected chi connectivity index (χ3v) is 6.68. The largest absolute Gasteiger partial charge is 0.439 e. The molecule has 4 rings (SSSR count). The number of benzene rings is 2. The second-order valence-electron chi connectivity index (χ2n) is 7.87. The lowest BCUT2D eigenvalue weighted by Crippen LogP contribution is -2.12. The van der Waals surface area contributed by atoms with E-state index in [2.05, 4.69) is 19.8 Å². The molecule has 2 aromatic carbocycles. The molecule has 33 heavy (non-hydrogen) atoms. The molecule has 0 unspecified atom stereocenters. The number of nitrogens with one attached hydrogen (secondary N) is 1. The van der Waals surface area contributed by atoms with Gasteiger partial charge in [-0.1, -0.05) is 12.1 Å². The summed E-state index contributed by atoms with van der Waals surface area (Å²) in [7, 11) is -3.68. The van der Waals surface area contributed by atoms with Crippen molar-refractivity contribution in [2.24, 2.45) is 0 Å². The molecule has 2 heterocycles. The van der Waals surface area contributed by atoms with Gasteiger partial charge in [0.2, 0.25) is 5.88 Å². The molecular weight excluding hydrogens is 438 g/mol. The summed E-state index contributed by atoms with van der Waals surface area (Å²) in [6, 6.07) is 15.1. The number of anilines is 1. The van der Waals surface area contributed by atoms with Gasteiger partial charge in [-0.05, 0) is 82.1 Å². The standard InChI is InChI=1S/C24H25N5O3S/c1-15-7-6-8-22(13-15)33(30,31)28-20-9-11-21(12-10-20)32-24-14-23(25-19(5)26-24)29-18(4)16(2)17(3)27-29/h6-14,28H,1-5H3. The first-order valence-corrected chi connectivity index (χ1v) is 11.9. The van der Waals surface area contributed by atoms with Crippen LogP contribution in [-0.2, 0) is 10.0 Å². The zero-order chi connectivity index (χ0) is 23.8. The summed E-state index contributed by atoms with van der Waals surface area (Å²) < 4.78 is 35.5. The Labute approximate surface area is 193 Å². The van der Waals surface area contributed by atoms with Crippen molar-refractivity contribution in [3.63, 3.8) is 0 Å². The molecule has 0 radical (unpaired) electrons. The summed E-state index contributed by atoms with van der Waals surface area (Å²) in [4.78, 5) is 9.05. The van der Waals surface area contributed by atoms with Crippen molar-refractivity contribution in [2.45, 2.75) is 39.5 Å². The molecule has 0 amide bonds. The summed E-state index contributed by atoms with van der Waals surface area (Å²) in [5.74, 6) is 2.06. The van der Waals surface area contributed by atoms with Gasteiger partial charge in [-0.2, -0.15) is 10.1 Å². The van der Waals surface area contributed by atoms with E-state index in [0.29, 0.717) is 29.0 Å². The minimum Gasteiger partial charge on any atom is -0.439 e. The van der Waals surface area contributed by atoms with E-state index in [9.17, 15) is 8.42 Å². The van der Waals surface area contributed by atoms with Gasteiger partial charge < -0.3 is 4.74 Å². The summed E-state index contributed by atoms with van der Waals surface area (Å²) >= 11 is 0. The fourth-order valence-corrected chi connectivity index (χ4v) is 4.50. The van der Waals surface area contributed by atoms with E-state index in [1.165, 1.54) is 0 Å². The summed E-state index contributed by atoms with van der Waals surface area (Å²) in [6.45, 7) is 9.61. The quantitative estimate of drug-likeness (QED) is 0.441. The van der Waals surface area contributed by atoms with E-state index in [4.69, 9.17) is 4.74 Å². The zero-order valence-electron chi connectivity index (χ0n) is 19.1. The minimum absolute atomic E-state index is 0.214. The third-order valence-electron chi connectivity index (χ3n) is 5.30.